The molecule has 5 heteroatoms. The van der Waals surface area contributed by atoms with Crippen molar-refractivity contribution < 1.29 is 9.59 Å². The fourth-order valence-corrected chi connectivity index (χ4v) is 3.42. The Balaban J connectivity index is 1.51. The largest absolute Gasteiger partial charge is 0.355 e. The van der Waals surface area contributed by atoms with E-state index in [4.69, 9.17) is 0 Å². The summed E-state index contributed by atoms with van der Waals surface area (Å²) in [4.78, 5) is 28.5. The standard InChI is InChI=1S/C19H25N3O2/c1-3-20-16(23)13-21-9-11-22(12-10-21)19(24)18-14(2)17(18)15-7-5-4-6-8-15/h4-8,18H,3,9-13H2,1-2H3,(H,20,23)/t18-/m0/s1. The van der Waals surface area contributed by atoms with Crippen LogP contribution in [-0.2, 0) is 9.59 Å². The van der Waals surface area contributed by atoms with Crippen molar-refractivity contribution >= 4 is 17.4 Å². The number of carbonyl (C=O) groups excluding carboxylic acids is 2. The number of benzene rings is 1. The van der Waals surface area contributed by atoms with Crippen molar-refractivity contribution in [2.75, 3.05) is 39.3 Å². The monoisotopic (exact) mass is 327 g/mol. The fraction of sp³-hybridized carbons (Fsp3) is 0.474. The van der Waals surface area contributed by atoms with E-state index >= 15 is 0 Å². The molecule has 0 saturated carbocycles. The van der Waals surface area contributed by atoms with Crippen LogP contribution in [0, 0.1) is 5.92 Å². The van der Waals surface area contributed by atoms with E-state index in [1.165, 1.54) is 11.1 Å². The number of nitrogens with zero attached hydrogens (tertiary/aromatic N) is 2. The summed E-state index contributed by atoms with van der Waals surface area (Å²) in [5, 5.41) is 2.82. The highest BCUT2D eigenvalue weighted by Gasteiger charge is 2.42. The molecule has 5 nitrogen and oxygen atoms in total. The number of likely N-dealkylation sites (N-methyl/N-ethyl adjacent to an activating group) is 1. The molecule has 3 rings (SSSR count). The predicted molar refractivity (Wildman–Crippen MR) is 94.2 cm³/mol. The van der Waals surface area contributed by atoms with E-state index < -0.39 is 0 Å². The molecule has 2 aliphatic rings. The number of piperazine rings is 1. The summed E-state index contributed by atoms with van der Waals surface area (Å²) >= 11 is 0. The Morgan fingerprint density at radius 2 is 1.79 bits per heavy atom. The van der Waals surface area contributed by atoms with Crippen molar-refractivity contribution in [2.45, 2.75) is 13.8 Å². The van der Waals surface area contributed by atoms with E-state index in [2.05, 4.69) is 29.3 Å². The quantitative estimate of drug-likeness (QED) is 0.889. The van der Waals surface area contributed by atoms with Gasteiger partial charge in [0.1, 0.15) is 0 Å². The molecule has 1 aliphatic heterocycles. The zero-order chi connectivity index (χ0) is 17.1. The summed E-state index contributed by atoms with van der Waals surface area (Å²) < 4.78 is 0. The first-order valence-corrected chi connectivity index (χ1v) is 8.65. The van der Waals surface area contributed by atoms with Crippen molar-refractivity contribution in [2.24, 2.45) is 5.92 Å². The molecule has 1 saturated heterocycles. The second kappa shape index (κ2) is 7.18. The number of hydrogen-bond acceptors (Lipinski definition) is 3. The van der Waals surface area contributed by atoms with Gasteiger partial charge < -0.3 is 10.2 Å². The minimum Gasteiger partial charge on any atom is -0.355 e. The summed E-state index contributed by atoms with van der Waals surface area (Å²) in [6, 6.07) is 10.1. The molecule has 128 valence electrons. The lowest BCUT2D eigenvalue weighted by Gasteiger charge is -2.34. The highest BCUT2D eigenvalue weighted by atomic mass is 16.2. The van der Waals surface area contributed by atoms with Crippen LogP contribution in [0.5, 0.6) is 0 Å². The van der Waals surface area contributed by atoms with E-state index in [9.17, 15) is 9.59 Å². The van der Waals surface area contributed by atoms with Gasteiger partial charge >= 0.3 is 0 Å². The van der Waals surface area contributed by atoms with Crippen LogP contribution in [0.15, 0.2) is 35.9 Å². The maximum absolute atomic E-state index is 12.8. The lowest BCUT2D eigenvalue weighted by molar-refractivity contribution is -0.133. The molecule has 24 heavy (non-hydrogen) atoms. The van der Waals surface area contributed by atoms with Crippen LogP contribution in [0.3, 0.4) is 0 Å². The van der Waals surface area contributed by atoms with Crippen LogP contribution in [-0.4, -0.2) is 60.9 Å². The molecule has 1 aromatic carbocycles. The third-order valence-corrected chi connectivity index (χ3v) is 4.82. The topological polar surface area (TPSA) is 52.7 Å². The summed E-state index contributed by atoms with van der Waals surface area (Å²) in [6.07, 6.45) is 0. The molecule has 0 unspecified atom stereocenters. The molecule has 0 aromatic heterocycles. The highest BCUT2D eigenvalue weighted by Crippen LogP contribution is 2.47. The van der Waals surface area contributed by atoms with Gasteiger partial charge in [0, 0.05) is 32.7 Å². The Morgan fingerprint density at radius 1 is 1.12 bits per heavy atom. The first-order valence-electron chi connectivity index (χ1n) is 8.65. The highest BCUT2D eigenvalue weighted by molar-refractivity contribution is 6.05. The Morgan fingerprint density at radius 3 is 2.42 bits per heavy atom. The summed E-state index contributed by atoms with van der Waals surface area (Å²) in [5.41, 5.74) is 3.53. The molecule has 1 fully saturated rings. The molecule has 0 bridgehead atoms. The maximum Gasteiger partial charge on any atom is 0.234 e. The average molecular weight is 327 g/mol. The van der Waals surface area contributed by atoms with Gasteiger partial charge in [0.05, 0.1) is 12.5 Å². The normalized spacial score (nSPS) is 20.9. The molecular formula is C19H25N3O2. The molecular weight excluding hydrogens is 302 g/mol. The van der Waals surface area contributed by atoms with E-state index in [1.807, 2.05) is 30.0 Å². The minimum atomic E-state index is -0.0395. The third-order valence-electron chi connectivity index (χ3n) is 4.82. The Bertz CT molecular complexity index is 646. The van der Waals surface area contributed by atoms with E-state index in [0.29, 0.717) is 26.2 Å². The number of rotatable bonds is 5. The Labute approximate surface area is 143 Å². The molecule has 0 spiro atoms. The van der Waals surface area contributed by atoms with Gasteiger partial charge in [-0.1, -0.05) is 35.9 Å². The lowest BCUT2D eigenvalue weighted by Crippen LogP contribution is -2.51. The number of nitrogens with one attached hydrogen (secondary N) is 1. The number of hydrogen-bond donors (Lipinski definition) is 1. The van der Waals surface area contributed by atoms with Crippen molar-refractivity contribution in [1.29, 1.82) is 0 Å². The van der Waals surface area contributed by atoms with Crippen molar-refractivity contribution in [3.8, 4) is 0 Å². The van der Waals surface area contributed by atoms with Crippen molar-refractivity contribution in [3.05, 3.63) is 41.5 Å². The Hall–Kier alpha value is -2.14. The van der Waals surface area contributed by atoms with Crippen LogP contribution in [0.1, 0.15) is 19.4 Å². The smallest absolute Gasteiger partial charge is 0.234 e. The van der Waals surface area contributed by atoms with Gasteiger partial charge in [-0.3, -0.25) is 14.5 Å². The van der Waals surface area contributed by atoms with Crippen LogP contribution in [0.2, 0.25) is 0 Å². The van der Waals surface area contributed by atoms with Crippen LogP contribution >= 0.6 is 0 Å². The third kappa shape index (κ3) is 3.51. The van der Waals surface area contributed by atoms with E-state index in [-0.39, 0.29) is 17.7 Å². The first-order chi connectivity index (χ1) is 11.6. The molecule has 1 N–H and O–H groups in total. The SMILES string of the molecule is CCNC(=O)CN1CCN(C(=O)[C@H]2C(C)=C2c2ccccc2)CC1. The zero-order valence-corrected chi connectivity index (χ0v) is 14.4. The van der Waals surface area contributed by atoms with Gasteiger partial charge in [-0.2, -0.15) is 0 Å². The van der Waals surface area contributed by atoms with Gasteiger partial charge in [-0.25, -0.2) is 0 Å². The average Bonchev–Trinajstić information content (AvgIpc) is 3.27. The van der Waals surface area contributed by atoms with Crippen LogP contribution in [0.25, 0.3) is 5.57 Å². The Kier molecular flexibility index (Phi) is 5.00. The molecule has 1 heterocycles. The van der Waals surface area contributed by atoms with E-state index in [0.717, 1.165) is 18.7 Å². The van der Waals surface area contributed by atoms with Crippen molar-refractivity contribution in [3.63, 3.8) is 0 Å². The second-order valence-corrected chi connectivity index (χ2v) is 6.45. The second-order valence-electron chi connectivity index (χ2n) is 6.45. The van der Waals surface area contributed by atoms with Crippen molar-refractivity contribution in [1.82, 2.24) is 15.1 Å². The maximum atomic E-state index is 12.8. The van der Waals surface area contributed by atoms with Crippen LogP contribution in [0.4, 0.5) is 0 Å². The number of amides is 2. The van der Waals surface area contributed by atoms with Gasteiger partial charge in [0.2, 0.25) is 11.8 Å². The molecule has 1 atom stereocenters. The van der Waals surface area contributed by atoms with Gasteiger partial charge in [0.25, 0.3) is 0 Å². The minimum absolute atomic E-state index is 0.0395. The molecule has 1 aliphatic carbocycles. The fourth-order valence-electron chi connectivity index (χ4n) is 3.42. The van der Waals surface area contributed by atoms with Gasteiger partial charge in [0.15, 0.2) is 0 Å². The van der Waals surface area contributed by atoms with Crippen LogP contribution < -0.4 is 5.32 Å². The zero-order valence-electron chi connectivity index (χ0n) is 14.4. The molecule has 0 radical (unpaired) electrons. The summed E-state index contributed by atoms with van der Waals surface area (Å²) in [7, 11) is 0. The first kappa shape index (κ1) is 16.7. The molecule has 2 amide bonds. The lowest BCUT2D eigenvalue weighted by atomic mass is 10.1. The van der Waals surface area contributed by atoms with E-state index in [1.54, 1.807) is 0 Å². The predicted octanol–water partition coefficient (Wildman–Crippen LogP) is 1.37. The summed E-state index contributed by atoms with van der Waals surface area (Å²) in [5.74, 6) is 0.231. The van der Waals surface area contributed by atoms with Gasteiger partial charge in [-0.15, -0.1) is 0 Å². The number of carbonyl (C=O) groups is 2. The molecule has 1 aromatic rings. The summed E-state index contributed by atoms with van der Waals surface area (Å²) in [6.45, 7) is 7.97. The van der Waals surface area contributed by atoms with Gasteiger partial charge in [-0.05, 0) is 25.0 Å².